The van der Waals surface area contributed by atoms with Crippen LogP contribution in [0.15, 0.2) is 51.5 Å². The minimum atomic E-state index is -0.572. The van der Waals surface area contributed by atoms with E-state index in [1.165, 1.54) is 0 Å². The standard InChI is InChI=1S/C17H14BrN3O4/c1-2-23-15-12(7-5-9-19-15)17(22)24-10-14-20-21-16(25-14)11-6-3-4-8-13(11)18/h3-9H,2,10H2,1H3. The number of rotatable bonds is 6. The van der Waals surface area contributed by atoms with Crippen molar-refractivity contribution >= 4 is 21.9 Å². The summed E-state index contributed by atoms with van der Waals surface area (Å²) in [5.74, 6) is 0.197. The number of benzene rings is 1. The molecule has 8 heteroatoms. The van der Waals surface area contributed by atoms with Crippen LogP contribution in [0.5, 0.6) is 5.88 Å². The van der Waals surface area contributed by atoms with Gasteiger partial charge in [0.1, 0.15) is 5.56 Å². The van der Waals surface area contributed by atoms with Crippen LogP contribution in [0.25, 0.3) is 11.5 Å². The molecule has 128 valence electrons. The quantitative estimate of drug-likeness (QED) is 0.580. The Morgan fingerprint density at radius 3 is 2.84 bits per heavy atom. The average molecular weight is 404 g/mol. The number of nitrogens with zero attached hydrogens (tertiary/aromatic N) is 3. The first-order chi connectivity index (χ1) is 12.2. The van der Waals surface area contributed by atoms with Crippen molar-refractivity contribution in [1.82, 2.24) is 15.2 Å². The smallest absolute Gasteiger partial charge is 0.344 e. The normalized spacial score (nSPS) is 10.5. The number of carbonyl (C=O) groups excluding carboxylic acids is 1. The van der Waals surface area contributed by atoms with Gasteiger partial charge in [-0.3, -0.25) is 0 Å². The van der Waals surface area contributed by atoms with Gasteiger partial charge in [-0.25, -0.2) is 9.78 Å². The predicted molar refractivity (Wildman–Crippen MR) is 92.0 cm³/mol. The fourth-order valence-corrected chi connectivity index (χ4v) is 2.51. The number of hydrogen-bond donors (Lipinski definition) is 0. The average Bonchev–Trinajstić information content (AvgIpc) is 3.09. The third kappa shape index (κ3) is 4.03. The van der Waals surface area contributed by atoms with Crippen LogP contribution in [-0.2, 0) is 11.3 Å². The maximum Gasteiger partial charge on any atom is 0.344 e. The van der Waals surface area contributed by atoms with E-state index in [-0.39, 0.29) is 23.9 Å². The van der Waals surface area contributed by atoms with Gasteiger partial charge >= 0.3 is 5.97 Å². The minimum absolute atomic E-state index is 0.142. The number of halogens is 1. The monoisotopic (exact) mass is 403 g/mol. The molecular weight excluding hydrogens is 390 g/mol. The van der Waals surface area contributed by atoms with E-state index in [0.717, 1.165) is 10.0 Å². The van der Waals surface area contributed by atoms with Crippen molar-refractivity contribution < 1.29 is 18.7 Å². The van der Waals surface area contributed by atoms with Gasteiger partial charge in [0.15, 0.2) is 6.61 Å². The summed E-state index contributed by atoms with van der Waals surface area (Å²) in [5.41, 5.74) is 1.01. The predicted octanol–water partition coefficient (Wildman–Crippen LogP) is 3.65. The van der Waals surface area contributed by atoms with E-state index >= 15 is 0 Å². The zero-order valence-electron chi connectivity index (χ0n) is 13.3. The lowest BCUT2D eigenvalue weighted by atomic mass is 10.2. The lowest BCUT2D eigenvalue weighted by Gasteiger charge is -2.07. The van der Waals surface area contributed by atoms with Gasteiger partial charge in [0.05, 0.1) is 12.2 Å². The molecule has 0 aliphatic heterocycles. The largest absolute Gasteiger partial charge is 0.477 e. The molecule has 0 fully saturated rings. The molecule has 2 heterocycles. The van der Waals surface area contributed by atoms with Gasteiger partial charge in [-0.2, -0.15) is 0 Å². The van der Waals surface area contributed by atoms with Crippen LogP contribution in [0.4, 0.5) is 0 Å². The third-order valence-electron chi connectivity index (χ3n) is 3.17. The van der Waals surface area contributed by atoms with Crippen LogP contribution < -0.4 is 4.74 Å². The van der Waals surface area contributed by atoms with E-state index in [1.54, 1.807) is 18.3 Å². The van der Waals surface area contributed by atoms with E-state index in [1.807, 2.05) is 31.2 Å². The third-order valence-corrected chi connectivity index (χ3v) is 3.86. The highest BCUT2D eigenvalue weighted by Gasteiger charge is 2.17. The first-order valence-electron chi connectivity index (χ1n) is 7.51. The summed E-state index contributed by atoms with van der Waals surface area (Å²) in [7, 11) is 0. The number of hydrogen-bond acceptors (Lipinski definition) is 7. The Labute approximate surface area is 152 Å². The Kier molecular flexibility index (Phi) is 5.39. The van der Waals surface area contributed by atoms with E-state index in [2.05, 4.69) is 31.1 Å². The van der Waals surface area contributed by atoms with Crippen molar-refractivity contribution in [2.75, 3.05) is 6.61 Å². The molecule has 1 aromatic carbocycles. The first-order valence-corrected chi connectivity index (χ1v) is 8.30. The van der Waals surface area contributed by atoms with Crippen molar-refractivity contribution in [2.24, 2.45) is 0 Å². The van der Waals surface area contributed by atoms with Crippen molar-refractivity contribution in [1.29, 1.82) is 0 Å². The summed E-state index contributed by atoms with van der Waals surface area (Å²) in [6, 6.07) is 10.7. The van der Waals surface area contributed by atoms with Crippen molar-refractivity contribution in [2.45, 2.75) is 13.5 Å². The van der Waals surface area contributed by atoms with E-state index in [9.17, 15) is 4.79 Å². The van der Waals surface area contributed by atoms with Crippen LogP contribution >= 0.6 is 15.9 Å². The zero-order chi connectivity index (χ0) is 17.6. The second-order valence-electron chi connectivity index (χ2n) is 4.85. The Balaban J connectivity index is 1.69. The number of aromatic nitrogens is 3. The number of esters is 1. The van der Waals surface area contributed by atoms with Crippen LogP contribution in [0, 0.1) is 0 Å². The van der Waals surface area contributed by atoms with Gasteiger partial charge in [-0.05, 0) is 47.1 Å². The van der Waals surface area contributed by atoms with Crippen molar-refractivity contribution in [3.63, 3.8) is 0 Å². The minimum Gasteiger partial charge on any atom is -0.477 e. The molecule has 7 nitrogen and oxygen atoms in total. The van der Waals surface area contributed by atoms with Crippen LogP contribution in [0.3, 0.4) is 0 Å². The Bertz CT molecular complexity index is 882. The second-order valence-corrected chi connectivity index (χ2v) is 5.70. The SMILES string of the molecule is CCOc1ncccc1C(=O)OCc1nnc(-c2ccccc2Br)o1. The maximum absolute atomic E-state index is 12.2. The molecule has 0 radical (unpaired) electrons. The number of pyridine rings is 1. The molecule has 0 saturated heterocycles. The molecule has 3 rings (SSSR count). The molecule has 3 aromatic rings. The topological polar surface area (TPSA) is 87.3 Å². The van der Waals surface area contributed by atoms with Crippen molar-refractivity contribution in [3.05, 3.63) is 58.5 Å². The number of ether oxygens (including phenoxy) is 2. The highest BCUT2D eigenvalue weighted by atomic mass is 79.9. The van der Waals surface area contributed by atoms with Gasteiger partial charge in [0.2, 0.25) is 11.8 Å². The molecule has 0 aliphatic rings. The highest BCUT2D eigenvalue weighted by molar-refractivity contribution is 9.10. The molecule has 0 saturated carbocycles. The fraction of sp³-hybridized carbons (Fsp3) is 0.176. The summed E-state index contributed by atoms with van der Waals surface area (Å²) in [5, 5.41) is 7.87. The maximum atomic E-state index is 12.2. The Morgan fingerprint density at radius 1 is 1.20 bits per heavy atom. The molecular formula is C17H14BrN3O4. The van der Waals surface area contributed by atoms with E-state index < -0.39 is 5.97 Å². The summed E-state index contributed by atoms with van der Waals surface area (Å²) in [6.07, 6.45) is 1.55. The van der Waals surface area contributed by atoms with Crippen LogP contribution in [-0.4, -0.2) is 27.8 Å². The Morgan fingerprint density at radius 2 is 2.04 bits per heavy atom. The van der Waals surface area contributed by atoms with Crippen LogP contribution in [0.1, 0.15) is 23.2 Å². The van der Waals surface area contributed by atoms with Crippen LogP contribution in [0.2, 0.25) is 0 Å². The lowest BCUT2D eigenvalue weighted by Crippen LogP contribution is -2.09. The van der Waals surface area contributed by atoms with E-state index in [4.69, 9.17) is 13.9 Å². The summed E-state index contributed by atoms with van der Waals surface area (Å²) >= 11 is 3.42. The van der Waals surface area contributed by atoms with Gasteiger partial charge in [-0.15, -0.1) is 10.2 Å². The molecule has 0 aliphatic carbocycles. The van der Waals surface area contributed by atoms with Crippen molar-refractivity contribution in [3.8, 4) is 17.3 Å². The second kappa shape index (κ2) is 7.89. The van der Waals surface area contributed by atoms with Gasteiger partial charge < -0.3 is 13.9 Å². The molecule has 0 amide bonds. The summed E-state index contributed by atoms with van der Waals surface area (Å²) in [4.78, 5) is 16.2. The number of carbonyl (C=O) groups is 1. The molecule has 0 atom stereocenters. The zero-order valence-corrected chi connectivity index (χ0v) is 14.9. The van der Waals surface area contributed by atoms with Gasteiger partial charge in [0.25, 0.3) is 5.89 Å². The molecule has 0 bridgehead atoms. The summed E-state index contributed by atoms with van der Waals surface area (Å²) in [6.45, 7) is 2.07. The lowest BCUT2D eigenvalue weighted by molar-refractivity contribution is 0.0433. The molecule has 25 heavy (non-hydrogen) atoms. The highest BCUT2D eigenvalue weighted by Crippen LogP contribution is 2.26. The van der Waals surface area contributed by atoms with E-state index in [0.29, 0.717) is 12.5 Å². The Hall–Kier alpha value is -2.74. The molecule has 2 aromatic heterocycles. The van der Waals surface area contributed by atoms with Gasteiger partial charge in [-0.1, -0.05) is 12.1 Å². The van der Waals surface area contributed by atoms with Gasteiger partial charge in [0, 0.05) is 10.7 Å². The first kappa shape index (κ1) is 17.1. The molecule has 0 N–H and O–H groups in total. The molecule has 0 unspecified atom stereocenters. The molecule has 0 spiro atoms. The summed E-state index contributed by atoms with van der Waals surface area (Å²) < 4.78 is 16.9. The fourth-order valence-electron chi connectivity index (χ4n) is 2.06.